The lowest BCUT2D eigenvalue weighted by Gasteiger charge is -2.24. The molecule has 9 heteroatoms. The largest absolute Gasteiger partial charge is 0.463 e. The smallest absolute Gasteiger partial charge is 0.338 e. The molecule has 1 aromatic heterocycles. The number of carbonyl (C=O) groups excluding carboxylic acids is 1. The van der Waals surface area contributed by atoms with Gasteiger partial charge in [-0.3, -0.25) is 19.5 Å². The van der Waals surface area contributed by atoms with Gasteiger partial charge in [0.1, 0.15) is 0 Å². The van der Waals surface area contributed by atoms with Crippen LogP contribution in [0, 0.1) is 10.1 Å². The lowest BCUT2D eigenvalue weighted by atomic mass is 9.95. The van der Waals surface area contributed by atoms with Crippen LogP contribution in [0.3, 0.4) is 0 Å². The molecule has 1 atom stereocenters. The number of allylic oxidation sites excluding steroid dienone is 2. The quantitative estimate of drug-likeness (QED) is 0.309. The molecule has 0 saturated heterocycles. The average Bonchev–Trinajstić information content (AvgIpc) is 3.13. The summed E-state index contributed by atoms with van der Waals surface area (Å²) >= 11 is 1.19. The number of esters is 1. The second kappa shape index (κ2) is 9.80. The highest BCUT2D eigenvalue weighted by Crippen LogP contribution is 2.32. The van der Waals surface area contributed by atoms with E-state index in [0.717, 1.165) is 5.56 Å². The number of non-ortho nitro benzene ring substituents is 1. The van der Waals surface area contributed by atoms with E-state index in [1.165, 1.54) is 34.1 Å². The zero-order valence-electron chi connectivity index (χ0n) is 18.5. The molecule has 4 rings (SSSR count). The third-order valence-electron chi connectivity index (χ3n) is 5.25. The Hall–Kier alpha value is -4.11. The van der Waals surface area contributed by atoms with Crippen LogP contribution in [0.15, 0.2) is 81.7 Å². The number of hydrogen-bond acceptors (Lipinski definition) is 7. The molecule has 0 N–H and O–H groups in total. The van der Waals surface area contributed by atoms with E-state index in [1.807, 2.05) is 36.4 Å². The second-order valence-electron chi connectivity index (χ2n) is 7.45. The molecule has 34 heavy (non-hydrogen) atoms. The molecule has 0 radical (unpaired) electrons. The average molecular weight is 476 g/mol. The Kier molecular flexibility index (Phi) is 6.65. The number of rotatable bonds is 6. The van der Waals surface area contributed by atoms with Gasteiger partial charge in [-0.25, -0.2) is 9.79 Å². The number of hydrogen-bond donors (Lipinski definition) is 0. The van der Waals surface area contributed by atoms with Gasteiger partial charge in [0.15, 0.2) is 4.80 Å². The summed E-state index contributed by atoms with van der Waals surface area (Å²) in [6.07, 6.45) is 5.36. The van der Waals surface area contributed by atoms with Gasteiger partial charge in [-0.2, -0.15) is 0 Å². The van der Waals surface area contributed by atoms with Crippen LogP contribution in [0.2, 0.25) is 0 Å². The lowest BCUT2D eigenvalue weighted by molar-refractivity contribution is -0.384. The van der Waals surface area contributed by atoms with Crippen LogP contribution in [0.1, 0.15) is 31.0 Å². The number of nitro groups is 1. The predicted molar refractivity (Wildman–Crippen MR) is 130 cm³/mol. The first-order valence-corrected chi connectivity index (χ1v) is 11.4. The van der Waals surface area contributed by atoms with Gasteiger partial charge in [0, 0.05) is 12.1 Å². The van der Waals surface area contributed by atoms with Crippen LogP contribution in [0.25, 0.3) is 12.2 Å². The minimum absolute atomic E-state index is 0.136. The molecule has 8 nitrogen and oxygen atoms in total. The van der Waals surface area contributed by atoms with Gasteiger partial charge in [-0.15, -0.1) is 0 Å². The number of carbonyl (C=O) groups is 1. The molecule has 2 heterocycles. The van der Waals surface area contributed by atoms with Crippen LogP contribution < -0.4 is 14.9 Å². The number of ether oxygens (including phenoxy) is 1. The predicted octanol–water partition coefficient (Wildman–Crippen LogP) is 3.37. The van der Waals surface area contributed by atoms with Gasteiger partial charge >= 0.3 is 5.97 Å². The minimum Gasteiger partial charge on any atom is -0.463 e. The minimum atomic E-state index is -0.893. The summed E-state index contributed by atoms with van der Waals surface area (Å²) in [6.45, 7) is 3.50. The van der Waals surface area contributed by atoms with Crippen molar-refractivity contribution in [3.8, 4) is 0 Å². The summed E-state index contributed by atoms with van der Waals surface area (Å²) < 4.78 is 7.07. The van der Waals surface area contributed by atoms with Crippen molar-refractivity contribution in [1.82, 2.24) is 4.57 Å². The molecule has 172 valence electrons. The van der Waals surface area contributed by atoms with Crippen molar-refractivity contribution in [2.75, 3.05) is 6.61 Å². The highest BCUT2D eigenvalue weighted by Gasteiger charge is 2.33. The fourth-order valence-corrected chi connectivity index (χ4v) is 4.74. The summed E-state index contributed by atoms with van der Waals surface area (Å²) in [4.78, 5) is 42.1. The molecule has 0 spiro atoms. The lowest BCUT2D eigenvalue weighted by Crippen LogP contribution is -2.39. The van der Waals surface area contributed by atoms with Crippen molar-refractivity contribution in [2.24, 2.45) is 4.99 Å². The van der Waals surface area contributed by atoms with Gasteiger partial charge in [0.25, 0.3) is 11.2 Å². The molecule has 0 saturated carbocycles. The second-order valence-corrected chi connectivity index (χ2v) is 8.46. The molecule has 1 aliphatic rings. The van der Waals surface area contributed by atoms with Gasteiger partial charge in [-0.1, -0.05) is 66.0 Å². The zero-order valence-corrected chi connectivity index (χ0v) is 19.3. The van der Waals surface area contributed by atoms with E-state index < -0.39 is 16.9 Å². The number of benzene rings is 2. The van der Waals surface area contributed by atoms with E-state index >= 15 is 0 Å². The van der Waals surface area contributed by atoms with Gasteiger partial charge < -0.3 is 4.74 Å². The summed E-state index contributed by atoms with van der Waals surface area (Å²) in [7, 11) is 0. The Morgan fingerprint density at radius 1 is 1.24 bits per heavy atom. The number of fused-ring (bicyclic) bond motifs is 1. The van der Waals surface area contributed by atoms with Crippen LogP contribution in [0.5, 0.6) is 0 Å². The Bertz CT molecular complexity index is 1500. The van der Waals surface area contributed by atoms with Crippen molar-refractivity contribution in [2.45, 2.75) is 19.9 Å². The van der Waals surface area contributed by atoms with E-state index in [4.69, 9.17) is 4.74 Å². The Labute approximate surface area is 198 Å². The number of aromatic nitrogens is 1. The normalized spacial score (nSPS) is 15.8. The topological polar surface area (TPSA) is 104 Å². The molecule has 0 fully saturated rings. The van der Waals surface area contributed by atoms with Crippen molar-refractivity contribution < 1.29 is 14.5 Å². The maximum atomic E-state index is 13.4. The van der Waals surface area contributed by atoms with E-state index in [9.17, 15) is 19.7 Å². The SMILES string of the molecule is CCOC(=O)C1=C(C)N=c2s/c(=C/C=C/c3ccccc3)c(=O)n2[C@@H]1c1cccc([N+](=O)[O-])c1. The van der Waals surface area contributed by atoms with Crippen LogP contribution in [-0.2, 0) is 9.53 Å². The summed E-state index contributed by atoms with van der Waals surface area (Å²) in [5.41, 5.74) is 1.53. The maximum absolute atomic E-state index is 13.4. The van der Waals surface area contributed by atoms with E-state index in [2.05, 4.69) is 4.99 Å². The molecule has 0 amide bonds. The van der Waals surface area contributed by atoms with Crippen molar-refractivity contribution >= 4 is 35.1 Å². The number of nitro benzene ring substituents is 1. The monoisotopic (exact) mass is 475 g/mol. The van der Waals surface area contributed by atoms with Gasteiger partial charge in [0.05, 0.1) is 33.4 Å². The molecular formula is C25H21N3O5S. The first-order chi connectivity index (χ1) is 16.4. The third kappa shape index (κ3) is 4.51. The molecule has 0 aliphatic carbocycles. The van der Waals surface area contributed by atoms with Gasteiger partial charge in [0.2, 0.25) is 0 Å². The third-order valence-corrected chi connectivity index (χ3v) is 6.25. The molecule has 3 aromatic rings. The van der Waals surface area contributed by atoms with Crippen LogP contribution >= 0.6 is 11.3 Å². The van der Waals surface area contributed by atoms with Crippen LogP contribution in [-0.4, -0.2) is 22.1 Å². The van der Waals surface area contributed by atoms with E-state index in [-0.39, 0.29) is 23.4 Å². The molecule has 1 aliphatic heterocycles. The standard InChI is InChI=1S/C25H21N3O5S/c1-3-33-24(30)21-16(2)26-25-27(22(21)18-12-8-13-19(15-18)28(31)32)23(29)20(34-25)14-7-11-17-9-5-4-6-10-17/h4-15,22H,3H2,1-2H3/b11-7+,20-14+/t22-/m1/s1. The number of nitrogens with zero attached hydrogens (tertiary/aromatic N) is 3. The fourth-order valence-electron chi connectivity index (χ4n) is 3.74. The summed E-state index contributed by atoms with van der Waals surface area (Å²) in [5.74, 6) is -0.612. The number of thiazole rings is 1. The van der Waals surface area contributed by atoms with Crippen LogP contribution in [0.4, 0.5) is 5.69 Å². The Balaban J connectivity index is 1.89. The van der Waals surface area contributed by atoms with E-state index in [0.29, 0.717) is 20.6 Å². The first-order valence-electron chi connectivity index (χ1n) is 10.6. The molecule has 0 bridgehead atoms. The van der Waals surface area contributed by atoms with Crippen molar-refractivity contribution in [3.05, 3.63) is 113 Å². The highest BCUT2D eigenvalue weighted by atomic mass is 32.1. The zero-order chi connectivity index (χ0) is 24.2. The molecular weight excluding hydrogens is 454 g/mol. The summed E-state index contributed by atoms with van der Waals surface area (Å²) in [6, 6.07) is 14.7. The molecule has 0 unspecified atom stereocenters. The molecule has 2 aromatic carbocycles. The Morgan fingerprint density at radius 3 is 2.71 bits per heavy atom. The first kappa shape index (κ1) is 23.1. The van der Waals surface area contributed by atoms with Crippen molar-refractivity contribution in [1.29, 1.82) is 0 Å². The maximum Gasteiger partial charge on any atom is 0.338 e. The fraction of sp³-hybridized carbons (Fsp3) is 0.160. The van der Waals surface area contributed by atoms with Crippen molar-refractivity contribution in [3.63, 3.8) is 0 Å². The highest BCUT2D eigenvalue weighted by molar-refractivity contribution is 7.07. The summed E-state index contributed by atoms with van der Waals surface area (Å²) in [5, 5.41) is 11.4. The van der Waals surface area contributed by atoms with Gasteiger partial charge in [-0.05, 0) is 31.1 Å². The Morgan fingerprint density at radius 2 is 2.00 bits per heavy atom. The van der Waals surface area contributed by atoms with E-state index in [1.54, 1.807) is 32.1 Å².